The molecule has 0 rings (SSSR count). The highest BCUT2D eigenvalue weighted by Crippen LogP contribution is 2.09. The molecule has 0 radical (unpaired) electrons. The van der Waals surface area contributed by atoms with E-state index in [1.54, 1.807) is 23.8 Å². The lowest BCUT2D eigenvalue weighted by molar-refractivity contribution is -0.138. The molecule has 0 aliphatic heterocycles. The lowest BCUT2D eigenvalue weighted by Crippen LogP contribution is -2.46. The molecular formula is C13H26N2O3. The van der Waals surface area contributed by atoms with Crippen LogP contribution in [0.15, 0.2) is 0 Å². The number of nitrogens with zero attached hydrogens (tertiary/aromatic N) is 2. The summed E-state index contributed by atoms with van der Waals surface area (Å²) in [6, 6.07) is -0.367. The van der Waals surface area contributed by atoms with Gasteiger partial charge in [0, 0.05) is 26.2 Å². The Kier molecular flexibility index (Phi) is 7.39. The fourth-order valence-electron chi connectivity index (χ4n) is 1.77. The van der Waals surface area contributed by atoms with Crippen molar-refractivity contribution in [3.8, 4) is 0 Å². The Hall–Kier alpha value is -1.26. The van der Waals surface area contributed by atoms with Crippen LogP contribution in [0, 0.1) is 5.92 Å². The van der Waals surface area contributed by atoms with Crippen LogP contribution in [-0.4, -0.2) is 53.1 Å². The zero-order valence-corrected chi connectivity index (χ0v) is 12.1. The minimum absolute atomic E-state index is 0.0163. The van der Waals surface area contributed by atoms with Crippen molar-refractivity contribution in [3.63, 3.8) is 0 Å². The summed E-state index contributed by atoms with van der Waals surface area (Å²) >= 11 is 0. The molecule has 0 heterocycles. The number of carboxylic acids is 1. The van der Waals surface area contributed by atoms with E-state index >= 15 is 0 Å². The van der Waals surface area contributed by atoms with Gasteiger partial charge >= 0.3 is 12.0 Å². The van der Waals surface area contributed by atoms with Crippen LogP contribution >= 0.6 is 0 Å². The van der Waals surface area contributed by atoms with Crippen LogP contribution in [0.4, 0.5) is 4.79 Å². The standard InChI is InChI=1S/C13H26N2O3/c1-6-15(11(4)9-12(16)17)13(18)14(5)8-7-10(2)3/h10-11H,6-9H2,1-5H3,(H,16,17). The van der Waals surface area contributed by atoms with Crippen LogP contribution in [0.1, 0.15) is 40.5 Å². The molecule has 5 nitrogen and oxygen atoms in total. The van der Waals surface area contributed by atoms with Crippen molar-refractivity contribution in [2.45, 2.75) is 46.6 Å². The number of carboxylic acid groups (broad SMARTS) is 1. The highest BCUT2D eigenvalue weighted by atomic mass is 16.4. The Bertz CT molecular complexity index is 279. The molecular weight excluding hydrogens is 232 g/mol. The minimum Gasteiger partial charge on any atom is -0.481 e. The molecule has 0 bridgehead atoms. The smallest absolute Gasteiger partial charge is 0.319 e. The normalized spacial score (nSPS) is 12.3. The maximum absolute atomic E-state index is 12.2. The van der Waals surface area contributed by atoms with Crippen molar-refractivity contribution in [3.05, 3.63) is 0 Å². The summed E-state index contributed by atoms with van der Waals surface area (Å²) in [7, 11) is 1.76. The molecule has 0 saturated carbocycles. The highest BCUT2D eigenvalue weighted by Gasteiger charge is 2.23. The van der Waals surface area contributed by atoms with Crippen molar-refractivity contribution in [2.24, 2.45) is 5.92 Å². The number of amides is 2. The minimum atomic E-state index is -0.876. The summed E-state index contributed by atoms with van der Waals surface area (Å²) in [5, 5.41) is 8.77. The summed E-state index contributed by atoms with van der Waals surface area (Å²) in [4.78, 5) is 26.1. The van der Waals surface area contributed by atoms with E-state index in [0.717, 1.165) is 6.42 Å². The Morgan fingerprint density at radius 2 is 1.78 bits per heavy atom. The highest BCUT2D eigenvalue weighted by molar-refractivity contribution is 5.75. The average molecular weight is 258 g/mol. The Balaban J connectivity index is 4.45. The molecule has 5 heteroatoms. The maximum atomic E-state index is 12.2. The summed E-state index contributed by atoms with van der Waals surface area (Å²) in [6.45, 7) is 9.09. The van der Waals surface area contributed by atoms with Gasteiger partial charge in [-0.2, -0.15) is 0 Å². The lowest BCUT2D eigenvalue weighted by atomic mass is 10.1. The molecule has 1 unspecified atom stereocenters. The van der Waals surface area contributed by atoms with Gasteiger partial charge in [0.15, 0.2) is 0 Å². The predicted octanol–water partition coefficient (Wildman–Crippen LogP) is 2.27. The summed E-state index contributed by atoms with van der Waals surface area (Å²) in [6.07, 6.45) is 0.935. The van der Waals surface area contributed by atoms with Crippen molar-refractivity contribution in [1.82, 2.24) is 9.80 Å². The molecule has 18 heavy (non-hydrogen) atoms. The van der Waals surface area contributed by atoms with Crippen molar-refractivity contribution >= 4 is 12.0 Å². The van der Waals surface area contributed by atoms with Gasteiger partial charge in [0.1, 0.15) is 0 Å². The molecule has 0 saturated heterocycles. The van der Waals surface area contributed by atoms with E-state index in [1.807, 2.05) is 6.92 Å². The molecule has 0 aromatic carbocycles. The van der Waals surface area contributed by atoms with Crippen molar-refractivity contribution < 1.29 is 14.7 Å². The Morgan fingerprint density at radius 1 is 1.22 bits per heavy atom. The molecule has 0 aromatic rings. The van der Waals surface area contributed by atoms with Crippen molar-refractivity contribution in [2.75, 3.05) is 20.1 Å². The van der Waals surface area contributed by atoms with E-state index in [9.17, 15) is 9.59 Å². The first-order chi connectivity index (χ1) is 8.29. The SMILES string of the molecule is CCN(C(=O)N(C)CCC(C)C)C(C)CC(=O)O. The number of hydrogen-bond acceptors (Lipinski definition) is 2. The summed E-state index contributed by atoms with van der Waals surface area (Å²) in [5.74, 6) is -0.328. The second-order valence-electron chi connectivity index (χ2n) is 5.12. The molecule has 0 aliphatic rings. The van der Waals surface area contributed by atoms with Gasteiger partial charge in [-0.25, -0.2) is 4.79 Å². The molecule has 106 valence electrons. The molecule has 0 aliphatic carbocycles. The summed E-state index contributed by atoms with van der Waals surface area (Å²) < 4.78 is 0. The van der Waals surface area contributed by atoms with Crippen LogP contribution in [0.5, 0.6) is 0 Å². The van der Waals surface area contributed by atoms with Gasteiger partial charge < -0.3 is 14.9 Å². The molecule has 0 spiro atoms. The number of hydrogen-bond donors (Lipinski definition) is 1. The van der Waals surface area contributed by atoms with Gasteiger partial charge in [-0.3, -0.25) is 4.79 Å². The third-order valence-electron chi connectivity index (χ3n) is 2.96. The maximum Gasteiger partial charge on any atom is 0.319 e. The van der Waals surface area contributed by atoms with Crippen LogP contribution in [0.2, 0.25) is 0 Å². The fourth-order valence-corrected chi connectivity index (χ4v) is 1.77. The lowest BCUT2D eigenvalue weighted by Gasteiger charge is -2.31. The third kappa shape index (κ3) is 5.89. The summed E-state index contributed by atoms with van der Waals surface area (Å²) in [5.41, 5.74) is 0. The second-order valence-corrected chi connectivity index (χ2v) is 5.12. The van der Waals surface area contributed by atoms with E-state index in [-0.39, 0.29) is 18.5 Å². The van der Waals surface area contributed by atoms with E-state index in [4.69, 9.17) is 5.11 Å². The molecule has 2 amide bonds. The number of rotatable bonds is 7. The molecule has 1 N–H and O–H groups in total. The van der Waals surface area contributed by atoms with E-state index in [0.29, 0.717) is 19.0 Å². The van der Waals surface area contributed by atoms with E-state index < -0.39 is 5.97 Å². The van der Waals surface area contributed by atoms with E-state index in [2.05, 4.69) is 13.8 Å². The third-order valence-corrected chi connectivity index (χ3v) is 2.96. The van der Waals surface area contributed by atoms with Gasteiger partial charge in [0.25, 0.3) is 0 Å². The first kappa shape index (κ1) is 16.7. The van der Waals surface area contributed by atoms with Gasteiger partial charge in [0.2, 0.25) is 0 Å². The fraction of sp³-hybridized carbons (Fsp3) is 0.846. The monoisotopic (exact) mass is 258 g/mol. The first-order valence-electron chi connectivity index (χ1n) is 6.53. The Labute approximate surface area is 110 Å². The topological polar surface area (TPSA) is 60.9 Å². The van der Waals surface area contributed by atoms with Gasteiger partial charge in [0.05, 0.1) is 6.42 Å². The van der Waals surface area contributed by atoms with Crippen LogP contribution < -0.4 is 0 Å². The van der Waals surface area contributed by atoms with Crippen LogP contribution in [0.3, 0.4) is 0 Å². The molecule has 1 atom stereocenters. The number of urea groups is 1. The van der Waals surface area contributed by atoms with Crippen LogP contribution in [-0.2, 0) is 4.79 Å². The van der Waals surface area contributed by atoms with Gasteiger partial charge in [-0.1, -0.05) is 13.8 Å². The quantitative estimate of drug-likeness (QED) is 0.762. The zero-order valence-electron chi connectivity index (χ0n) is 12.1. The van der Waals surface area contributed by atoms with Crippen molar-refractivity contribution in [1.29, 1.82) is 0 Å². The van der Waals surface area contributed by atoms with E-state index in [1.165, 1.54) is 0 Å². The predicted molar refractivity (Wildman–Crippen MR) is 71.6 cm³/mol. The number of carbonyl (C=O) groups excluding carboxylic acids is 1. The molecule has 0 fully saturated rings. The average Bonchev–Trinajstić information content (AvgIpc) is 2.25. The zero-order chi connectivity index (χ0) is 14.3. The first-order valence-corrected chi connectivity index (χ1v) is 6.53. The van der Waals surface area contributed by atoms with Gasteiger partial charge in [-0.15, -0.1) is 0 Å². The van der Waals surface area contributed by atoms with Gasteiger partial charge in [-0.05, 0) is 26.2 Å². The number of aliphatic carboxylic acids is 1. The molecule has 0 aromatic heterocycles. The van der Waals surface area contributed by atoms with Crippen LogP contribution in [0.25, 0.3) is 0 Å². The Morgan fingerprint density at radius 3 is 2.17 bits per heavy atom. The second kappa shape index (κ2) is 7.95. The number of carbonyl (C=O) groups is 2. The largest absolute Gasteiger partial charge is 0.481 e.